The van der Waals surface area contributed by atoms with Gasteiger partial charge in [-0.1, -0.05) is 12.1 Å². The molecule has 3 rings (SSSR count). The first-order chi connectivity index (χ1) is 15.2. The van der Waals surface area contributed by atoms with Gasteiger partial charge in [-0.15, -0.1) is 0 Å². The molecule has 0 radical (unpaired) electrons. The minimum absolute atomic E-state index is 0.0672. The Kier molecular flexibility index (Phi) is 7.41. The average Bonchev–Trinajstić information content (AvgIpc) is 3.06. The molecule has 0 bridgehead atoms. The molecule has 32 heavy (non-hydrogen) atoms. The highest BCUT2D eigenvalue weighted by atomic mass is 31.2. The molecular weight excluding hydrogens is 449 g/mol. The van der Waals surface area contributed by atoms with E-state index in [1.54, 1.807) is 18.2 Å². The van der Waals surface area contributed by atoms with E-state index < -0.39 is 50.6 Å². The van der Waals surface area contributed by atoms with Crippen LogP contribution in [0.1, 0.15) is 16.6 Å². The standard InChI is InChI=1S/C18H22N3O10P/c1-28-11-6-4-3-5-10(11)16(24)19-13-7-8-21(18(25)20-13)17-15(23)14(22)12(31-17)9-30-32(26,27)29-2/h3-8,12,14-15,17,22-23H,9H2,1-2H3,(H,26,27)(H,19,20,24,25)/p-1/t12-,14-,15-,17-/m1/s1. The molecule has 1 aliphatic heterocycles. The number of aliphatic hydroxyl groups is 2. The van der Waals surface area contributed by atoms with Crippen molar-refractivity contribution in [1.29, 1.82) is 0 Å². The van der Waals surface area contributed by atoms with E-state index in [1.165, 1.54) is 25.4 Å². The van der Waals surface area contributed by atoms with Gasteiger partial charge in [0.15, 0.2) is 6.23 Å². The van der Waals surface area contributed by atoms with Gasteiger partial charge in [0.1, 0.15) is 29.9 Å². The summed E-state index contributed by atoms with van der Waals surface area (Å²) in [6.45, 7) is -0.640. The van der Waals surface area contributed by atoms with E-state index in [1.807, 2.05) is 0 Å². The summed E-state index contributed by atoms with van der Waals surface area (Å²) in [6, 6.07) is 7.76. The van der Waals surface area contributed by atoms with Crippen LogP contribution in [0.2, 0.25) is 0 Å². The lowest BCUT2D eigenvalue weighted by atomic mass is 10.1. The maximum Gasteiger partial charge on any atom is 0.351 e. The van der Waals surface area contributed by atoms with E-state index in [2.05, 4.69) is 19.3 Å². The van der Waals surface area contributed by atoms with Crippen LogP contribution < -0.4 is 20.6 Å². The fraction of sp³-hybridized carbons (Fsp3) is 0.389. The van der Waals surface area contributed by atoms with Crippen LogP contribution >= 0.6 is 7.82 Å². The number of phosphoric ester groups is 1. The Bertz CT molecular complexity index is 1080. The Morgan fingerprint density at radius 1 is 1.28 bits per heavy atom. The van der Waals surface area contributed by atoms with Crippen LogP contribution in [0.15, 0.2) is 41.3 Å². The van der Waals surface area contributed by atoms with Gasteiger partial charge in [-0.25, -0.2) is 4.79 Å². The van der Waals surface area contributed by atoms with Gasteiger partial charge in [0.2, 0.25) is 0 Å². The summed E-state index contributed by atoms with van der Waals surface area (Å²) >= 11 is 0. The molecule has 14 heteroatoms. The topological polar surface area (TPSA) is 182 Å². The van der Waals surface area contributed by atoms with E-state index in [0.717, 1.165) is 11.7 Å². The lowest BCUT2D eigenvalue weighted by Gasteiger charge is -2.23. The summed E-state index contributed by atoms with van der Waals surface area (Å²) in [5, 5.41) is 22.8. The summed E-state index contributed by atoms with van der Waals surface area (Å²) in [5.41, 5.74) is -0.666. The molecule has 1 amide bonds. The molecule has 3 N–H and O–H groups in total. The third-order valence-corrected chi connectivity index (χ3v) is 5.57. The molecule has 5 atom stereocenters. The molecule has 1 fully saturated rings. The van der Waals surface area contributed by atoms with E-state index in [0.29, 0.717) is 5.75 Å². The highest BCUT2D eigenvalue weighted by molar-refractivity contribution is 7.45. The monoisotopic (exact) mass is 470 g/mol. The highest BCUT2D eigenvalue weighted by Crippen LogP contribution is 2.39. The Labute approximate surface area is 181 Å². The van der Waals surface area contributed by atoms with Crippen molar-refractivity contribution in [2.45, 2.75) is 24.5 Å². The molecule has 2 heterocycles. The molecule has 174 valence electrons. The predicted octanol–water partition coefficient (Wildman–Crippen LogP) is -0.745. The smallest absolute Gasteiger partial charge is 0.351 e. The number of nitrogens with one attached hydrogen (secondary N) is 1. The second-order valence-electron chi connectivity index (χ2n) is 6.63. The molecule has 13 nitrogen and oxygen atoms in total. The number of carbonyl (C=O) groups excluding carboxylic acids is 1. The Morgan fingerprint density at radius 3 is 2.66 bits per heavy atom. The molecule has 1 aromatic heterocycles. The average molecular weight is 470 g/mol. The number of ether oxygens (including phenoxy) is 2. The zero-order chi connectivity index (χ0) is 23.5. The molecular formula is C18H21N3O10P-. The zero-order valence-corrected chi connectivity index (χ0v) is 17.9. The fourth-order valence-electron chi connectivity index (χ4n) is 3.01. The lowest BCUT2D eigenvalue weighted by molar-refractivity contribution is -0.226. The SMILES string of the molecule is COc1ccccc1C(=O)Nc1ccn([C@@H]2O[C@H](COP(=O)([O-])OC)[C@@H](O)[C@H]2O)c(=O)n1. The number of benzene rings is 1. The first-order valence-corrected chi connectivity index (χ1v) is 10.7. The second-order valence-corrected chi connectivity index (χ2v) is 8.15. The Morgan fingerprint density at radius 2 is 2.00 bits per heavy atom. The molecule has 2 aromatic rings. The van der Waals surface area contributed by atoms with Crippen LogP contribution in [0, 0.1) is 0 Å². The maximum atomic E-state index is 12.5. The van der Waals surface area contributed by atoms with Crippen LogP contribution in [0.25, 0.3) is 0 Å². The molecule has 0 spiro atoms. The third kappa shape index (κ3) is 5.22. The number of hydrogen-bond donors (Lipinski definition) is 3. The van der Waals surface area contributed by atoms with Gasteiger partial charge in [0, 0.05) is 13.3 Å². The van der Waals surface area contributed by atoms with E-state index in [-0.39, 0.29) is 11.4 Å². The number of nitrogens with zero attached hydrogens (tertiary/aromatic N) is 2. The summed E-state index contributed by atoms with van der Waals surface area (Å²) in [4.78, 5) is 39.9. The summed E-state index contributed by atoms with van der Waals surface area (Å²) in [5.74, 6) is -0.293. The molecule has 1 aliphatic rings. The van der Waals surface area contributed by atoms with Gasteiger partial charge in [-0.3, -0.25) is 13.9 Å². The summed E-state index contributed by atoms with van der Waals surface area (Å²) in [6.07, 6.45) is -4.56. The largest absolute Gasteiger partial charge is 0.756 e. The first kappa shape index (κ1) is 24.0. The maximum absolute atomic E-state index is 12.5. The van der Waals surface area contributed by atoms with E-state index in [4.69, 9.17) is 9.47 Å². The van der Waals surface area contributed by atoms with Gasteiger partial charge in [-0.05, 0) is 18.2 Å². The van der Waals surface area contributed by atoms with Gasteiger partial charge in [-0.2, -0.15) is 4.98 Å². The van der Waals surface area contributed by atoms with Gasteiger partial charge in [0.05, 0.1) is 19.3 Å². The van der Waals surface area contributed by atoms with Crippen molar-refractivity contribution < 1.29 is 43.0 Å². The molecule has 0 saturated carbocycles. The zero-order valence-electron chi connectivity index (χ0n) is 17.0. The number of amides is 1. The van der Waals surface area contributed by atoms with Crippen molar-refractivity contribution in [3.63, 3.8) is 0 Å². The Balaban J connectivity index is 1.73. The van der Waals surface area contributed by atoms with E-state index in [9.17, 15) is 29.3 Å². The summed E-state index contributed by atoms with van der Waals surface area (Å²) < 4.78 is 31.4. The van der Waals surface area contributed by atoms with Gasteiger partial charge in [0.25, 0.3) is 13.7 Å². The van der Waals surface area contributed by atoms with Crippen molar-refractivity contribution in [3.05, 3.63) is 52.6 Å². The molecule has 0 aliphatic carbocycles. The minimum atomic E-state index is -4.58. The van der Waals surface area contributed by atoms with Crippen LogP contribution in [-0.2, 0) is 18.3 Å². The van der Waals surface area contributed by atoms with Crippen LogP contribution in [0.3, 0.4) is 0 Å². The van der Waals surface area contributed by atoms with Crippen molar-refractivity contribution in [2.75, 3.05) is 26.1 Å². The number of hydrogen-bond acceptors (Lipinski definition) is 11. The number of rotatable bonds is 8. The van der Waals surface area contributed by atoms with Crippen molar-refractivity contribution in [3.8, 4) is 5.75 Å². The fourth-order valence-corrected chi connectivity index (χ4v) is 3.44. The quantitative estimate of drug-likeness (QED) is 0.413. The number of aromatic nitrogens is 2. The van der Waals surface area contributed by atoms with Crippen molar-refractivity contribution in [1.82, 2.24) is 9.55 Å². The van der Waals surface area contributed by atoms with Gasteiger partial charge >= 0.3 is 5.69 Å². The van der Waals surface area contributed by atoms with Crippen molar-refractivity contribution >= 4 is 19.5 Å². The summed E-state index contributed by atoms with van der Waals surface area (Å²) in [7, 11) is -2.27. The van der Waals surface area contributed by atoms with E-state index >= 15 is 0 Å². The lowest BCUT2D eigenvalue weighted by Crippen LogP contribution is -2.36. The van der Waals surface area contributed by atoms with Crippen LogP contribution in [0.4, 0.5) is 5.82 Å². The third-order valence-electron chi connectivity index (χ3n) is 4.66. The molecule has 1 aromatic carbocycles. The van der Waals surface area contributed by atoms with Crippen molar-refractivity contribution in [2.24, 2.45) is 0 Å². The minimum Gasteiger partial charge on any atom is -0.756 e. The first-order valence-electron chi connectivity index (χ1n) is 9.23. The number of carbonyl (C=O) groups is 1. The number of para-hydroxylation sites is 1. The number of phosphoric acid groups is 1. The predicted molar refractivity (Wildman–Crippen MR) is 106 cm³/mol. The highest BCUT2D eigenvalue weighted by Gasteiger charge is 2.44. The van der Waals surface area contributed by atoms with Crippen LogP contribution in [0.5, 0.6) is 5.75 Å². The Hall–Kier alpha value is -2.64. The number of methoxy groups -OCH3 is 1. The molecule has 1 unspecified atom stereocenters. The number of aliphatic hydroxyl groups excluding tert-OH is 2. The van der Waals surface area contributed by atoms with Gasteiger partial charge < -0.3 is 38.9 Å². The van der Waals surface area contributed by atoms with Crippen LogP contribution in [-0.4, -0.2) is 64.8 Å². The second kappa shape index (κ2) is 9.88. The number of anilines is 1. The normalized spacial score (nSPS) is 24.7. The molecule has 1 saturated heterocycles.